The lowest BCUT2D eigenvalue weighted by Crippen LogP contribution is -1.77. The van der Waals surface area contributed by atoms with Crippen LogP contribution in [-0.2, 0) is 0 Å². The normalized spacial score (nSPS) is 11.0. The summed E-state index contributed by atoms with van der Waals surface area (Å²) >= 11 is 0. The Labute approximate surface area is 132 Å². The van der Waals surface area contributed by atoms with Gasteiger partial charge < -0.3 is 14.6 Å². The molecule has 3 aromatic carbocycles. The molecule has 4 heteroatoms. The zero-order chi connectivity index (χ0) is 15.8. The molecule has 0 spiro atoms. The largest absolute Gasteiger partial charge is 0.508 e. The highest BCUT2D eigenvalue weighted by atomic mass is 16.3. The zero-order valence-corrected chi connectivity index (χ0v) is 12.1. The molecule has 0 fully saturated rings. The van der Waals surface area contributed by atoms with Crippen LogP contribution in [0.5, 0.6) is 11.5 Å². The third kappa shape index (κ3) is 2.51. The fourth-order valence-corrected chi connectivity index (χ4v) is 2.55. The van der Waals surface area contributed by atoms with Crippen molar-refractivity contribution in [1.82, 2.24) is 4.98 Å². The average molecular weight is 303 g/mol. The number of aromatic nitrogens is 1. The average Bonchev–Trinajstić information content (AvgIpc) is 2.98. The van der Waals surface area contributed by atoms with Crippen molar-refractivity contribution in [2.45, 2.75) is 0 Å². The maximum absolute atomic E-state index is 9.61. The van der Waals surface area contributed by atoms with Gasteiger partial charge in [-0.3, -0.25) is 0 Å². The van der Waals surface area contributed by atoms with Crippen molar-refractivity contribution in [1.29, 1.82) is 0 Å². The molecular formula is C19H13NO3. The van der Waals surface area contributed by atoms with Crippen LogP contribution in [-0.4, -0.2) is 15.2 Å². The van der Waals surface area contributed by atoms with Gasteiger partial charge in [0.1, 0.15) is 17.0 Å². The Bertz CT molecular complexity index is 961. The van der Waals surface area contributed by atoms with Crippen LogP contribution in [0.15, 0.2) is 71.1 Å². The Morgan fingerprint density at radius 2 is 1.35 bits per heavy atom. The first-order valence-corrected chi connectivity index (χ1v) is 7.18. The van der Waals surface area contributed by atoms with E-state index in [1.807, 2.05) is 30.3 Å². The molecule has 0 unspecified atom stereocenters. The SMILES string of the molecule is Oc1cccc(-c2ccc3nc(-c4cccc(O)c4)oc3c2)c1. The molecule has 0 atom stereocenters. The smallest absolute Gasteiger partial charge is 0.227 e. The molecule has 0 aliphatic heterocycles. The van der Waals surface area contributed by atoms with E-state index in [2.05, 4.69) is 4.98 Å². The topological polar surface area (TPSA) is 66.5 Å². The molecule has 0 aliphatic carbocycles. The molecule has 4 rings (SSSR count). The van der Waals surface area contributed by atoms with E-state index in [9.17, 15) is 10.2 Å². The number of phenolic OH excluding ortho intramolecular Hbond substituents is 2. The van der Waals surface area contributed by atoms with E-state index in [1.54, 1.807) is 36.4 Å². The van der Waals surface area contributed by atoms with Gasteiger partial charge in [-0.1, -0.05) is 24.3 Å². The highest BCUT2D eigenvalue weighted by Gasteiger charge is 2.10. The first-order chi connectivity index (χ1) is 11.2. The highest BCUT2D eigenvalue weighted by molar-refractivity contribution is 5.82. The van der Waals surface area contributed by atoms with Crippen molar-refractivity contribution < 1.29 is 14.6 Å². The summed E-state index contributed by atoms with van der Waals surface area (Å²) in [7, 11) is 0. The Morgan fingerprint density at radius 1 is 0.696 bits per heavy atom. The number of benzene rings is 3. The van der Waals surface area contributed by atoms with E-state index in [-0.39, 0.29) is 11.5 Å². The van der Waals surface area contributed by atoms with Crippen LogP contribution in [0.1, 0.15) is 0 Å². The van der Waals surface area contributed by atoms with Gasteiger partial charge in [0.2, 0.25) is 5.89 Å². The molecule has 0 aliphatic rings. The van der Waals surface area contributed by atoms with Crippen LogP contribution in [0.2, 0.25) is 0 Å². The minimum atomic E-state index is 0.171. The second-order valence-corrected chi connectivity index (χ2v) is 5.30. The Balaban J connectivity index is 1.81. The van der Waals surface area contributed by atoms with Gasteiger partial charge in [0.25, 0.3) is 0 Å². The second-order valence-electron chi connectivity index (χ2n) is 5.30. The first-order valence-electron chi connectivity index (χ1n) is 7.18. The fourth-order valence-electron chi connectivity index (χ4n) is 2.55. The molecular weight excluding hydrogens is 290 g/mol. The van der Waals surface area contributed by atoms with Gasteiger partial charge in [0.15, 0.2) is 5.58 Å². The number of oxazole rings is 1. The number of nitrogens with zero attached hydrogens (tertiary/aromatic N) is 1. The Kier molecular flexibility index (Phi) is 3.01. The van der Waals surface area contributed by atoms with Gasteiger partial charge in [-0.2, -0.15) is 0 Å². The Hall–Kier alpha value is -3.27. The van der Waals surface area contributed by atoms with Crippen LogP contribution in [0, 0.1) is 0 Å². The van der Waals surface area contributed by atoms with E-state index in [0.29, 0.717) is 11.5 Å². The summed E-state index contributed by atoms with van der Waals surface area (Å²) in [5, 5.41) is 19.2. The summed E-state index contributed by atoms with van der Waals surface area (Å²) in [5.41, 5.74) is 3.96. The standard InChI is InChI=1S/C19H13NO3/c21-15-5-1-3-12(9-15)13-7-8-17-18(11-13)23-19(20-17)14-4-2-6-16(22)10-14/h1-11,21-22H. The maximum Gasteiger partial charge on any atom is 0.227 e. The van der Waals surface area contributed by atoms with E-state index in [1.165, 1.54) is 0 Å². The third-order valence-corrected chi connectivity index (χ3v) is 3.66. The van der Waals surface area contributed by atoms with Crippen LogP contribution < -0.4 is 0 Å². The third-order valence-electron chi connectivity index (χ3n) is 3.66. The maximum atomic E-state index is 9.61. The number of aromatic hydroxyl groups is 2. The summed E-state index contributed by atoms with van der Waals surface area (Å²) in [6.07, 6.45) is 0. The fraction of sp³-hybridized carbons (Fsp3) is 0. The number of hydrogen-bond donors (Lipinski definition) is 2. The predicted octanol–water partition coefficient (Wildman–Crippen LogP) is 4.57. The van der Waals surface area contributed by atoms with Crippen LogP contribution in [0.25, 0.3) is 33.7 Å². The lowest BCUT2D eigenvalue weighted by molar-refractivity contribution is 0.475. The number of hydrogen-bond acceptors (Lipinski definition) is 4. The van der Waals surface area contributed by atoms with Crippen LogP contribution in [0.3, 0.4) is 0 Å². The van der Waals surface area contributed by atoms with Gasteiger partial charge in [-0.15, -0.1) is 0 Å². The van der Waals surface area contributed by atoms with Crippen molar-refractivity contribution >= 4 is 11.1 Å². The lowest BCUT2D eigenvalue weighted by Gasteiger charge is -2.01. The molecule has 0 bridgehead atoms. The first kappa shape index (κ1) is 13.4. The highest BCUT2D eigenvalue weighted by Crippen LogP contribution is 2.30. The molecule has 1 heterocycles. The van der Waals surface area contributed by atoms with Crippen LogP contribution >= 0.6 is 0 Å². The number of fused-ring (bicyclic) bond motifs is 1. The van der Waals surface area contributed by atoms with E-state index in [0.717, 1.165) is 22.2 Å². The summed E-state index contributed by atoms with van der Waals surface area (Å²) in [6.45, 7) is 0. The molecule has 4 aromatic rings. The molecule has 23 heavy (non-hydrogen) atoms. The van der Waals surface area contributed by atoms with Gasteiger partial charge in [-0.05, 0) is 53.6 Å². The minimum absolute atomic E-state index is 0.171. The Morgan fingerprint density at radius 3 is 2.09 bits per heavy atom. The van der Waals surface area contributed by atoms with Crippen molar-refractivity contribution in [3.8, 4) is 34.1 Å². The van der Waals surface area contributed by atoms with Crippen molar-refractivity contribution in [2.24, 2.45) is 0 Å². The minimum Gasteiger partial charge on any atom is -0.508 e. The molecule has 2 N–H and O–H groups in total. The number of phenols is 2. The molecule has 1 aromatic heterocycles. The van der Waals surface area contributed by atoms with E-state index in [4.69, 9.17) is 4.42 Å². The number of rotatable bonds is 2. The molecule has 0 amide bonds. The van der Waals surface area contributed by atoms with E-state index < -0.39 is 0 Å². The summed E-state index contributed by atoms with van der Waals surface area (Å²) in [5.74, 6) is 0.856. The quantitative estimate of drug-likeness (QED) is 0.569. The molecule has 0 saturated heterocycles. The zero-order valence-electron chi connectivity index (χ0n) is 12.1. The predicted molar refractivity (Wildman–Crippen MR) is 88.2 cm³/mol. The molecule has 0 radical (unpaired) electrons. The van der Waals surface area contributed by atoms with Gasteiger partial charge in [-0.25, -0.2) is 4.98 Å². The second kappa shape index (κ2) is 5.18. The summed E-state index contributed by atoms with van der Waals surface area (Å²) < 4.78 is 5.82. The summed E-state index contributed by atoms with van der Waals surface area (Å²) in [4.78, 5) is 4.45. The van der Waals surface area contributed by atoms with Crippen molar-refractivity contribution in [2.75, 3.05) is 0 Å². The monoisotopic (exact) mass is 303 g/mol. The van der Waals surface area contributed by atoms with Gasteiger partial charge in [0.05, 0.1) is 0 Å². The van der Waals surface area contributed by atoms with E-state index >= 15 is 0 Å². The van der Waals surface area contributed by atoms with Gasteiger partial charge in [0, 0.05) is 5.56 Å². The molecule has 112 valence electrons. The summed E-state index contributed by atoms with van der Waals surface area (Å²) in [6, 6.07) is 19.6. The van der Waals surface area contributed by atoms with Crippen LogP contribution in [0.4, 0.5) is 0 Å². The lowest BCUT2D eigenvalue weighted by atomic mass is 10.1. The molecule has 4 nitrogen and oxygen atoms in total. The van der Waals surface area contributed by atoms with Crippen molar-refractivity contribution in [3.05, 3.63) is 66.7 Å². The molecule has 0 saturated carbocycles. The van der Waals surface area contributed by atoms with Gasteiger partial charge >= 0.3 is 0 Å². The van der Waals surface area contributed by atoms with Crippen molar-refractivity contribution in [3.63, 3.8) is 0 Å².